The Morgan fingerprint density at radius 1 is 0.413 bits per heavy atom. The van der Waals surface area contributed by atoms with Crippen LogP contribution in [0.15, 0.2) is 48.5 Å². The fourth-order valence-electron chi connectivity index (χ4n) is 6.35. The summed E-state index contributed by atoms with van der Waals surface area (Å²) in [5.41, 5.74) is 2.30. The molecule has 3 nitrogen and oxygen atoms in total. The molecule has 0 amide bonds. The zero-order chi connectivity index (χ0) is 33.0. The van der Waals surface area contributed by atoms with E-state index in [1.54, 1.807) is 0 Å². The van der Waals surface area contributed by atoms with E-state index in [0.29, 0.717) is 6.16 Å². The summed E-state index contributed by atoms with van der Waals surface area (Å²) in [6, 6.07) is 16.4. The van der Waals surface area contributed by atoms with Crippen molar-refractivity contribution >= 4 is 7.60 Å². The highest BCUT2D eigenvalue weighted by atomic mass is 31.2. The number of unbranched alkanes of at least 4 members (excludes halogenated alkanes) is 21. The van der Waals surface area contributed by atoms with E-state index in [-0.39, 0.29) is 0 Å². The third kappa shape index (κ3) is 19.2. The van der Waals surface area contributed by atoms with E-state index in [2.05, 4.69) is 45.0 Å². The fourth-order valence-corrected chi connectivity index (χ4v) is 8.13. The molecule has 0 saturated heterocycles. The largest absolute Gasteiger partial charge is 0.430 e. The molecule has 0 radical (unpaired) electrons. The minimum atomic E-state index is -3.41. The van der Waals surface area contributed by atoms with Crippen molar-refractivity contribution in [3.8, 4) is 11.5 Å². The number of rotatable bonds is 31. The van der Waals surface area contributed by atoms with Crippen LogP contribution in [0.2, 0.25) is 0 Å². The van der Waals surface area contributed by atoms with Crippen molar-refractivity contribution < 1.29 is 13.6 Å². The van der Waals surface area contributed by atoms with Gasteiger partial charge in [-0.1, -0.05) is 192 Å². The molecule has 0 aliphatic heterocycles. The van der Waals surface area contributed by atoms with Crippen LogP contribution in [0, 0.1) is 0 Å². The second-order valence-electron chi connectivity index (χ2n) is 13.7. The molecule has 2 aromatic carbocycles. The Kier molecular flexibility index (Phi) is 24.0. The lowest BCUT2D eigenvalue weighted by Gasteiger charge is -2.23. The minimum Gasteiger partial charge on any atom is -0.416 e. The van der Waals surface area contributed by atoms with Crippen molar-refractivity contribution in [1.29, 1.82) is 0 Å². The highest BCUT2D eigenvalue weighted by molar-refractivity contribution is 7.54. The van der Waals surface area contributed by atoms with Crippen LogP contribution in [0.4, 0.5) is 0 Å². The molecule has 0 bridgehead atoms. The quantitative estimate of drug-likeness (QED) is 0.0599. The van der Waals surface area contributed by atoms with E-state index in [1.807, 2.05) is 24.3 Å². The van der Waals surface area contributed by atoms with E-state index in [9.17, 15) is 4.57 Å². The summed E-state index contributed by atoms with van der Waals surface area (Å²) in [6.45, 7) is 6.81. The van der Waals surface area contributed by atoms with Gasteiger partial charge in [-0.05, 0) is 55.4 Å². The first kappa shape index (κ1) is 40.4. The van der Waals surface area contributed by atoms with Gasteiger partial charge in [0, 0.05) is 0 Å². The molecule has 0 spiro atoms. The highest BCUT2D eigenvalue weighted by Gasteiger charge is 2.29. The number of hydrogen-bond acceptors (Lipinski definition) is 3. The van der Waals surface area contributed by atoms with Crippen molar-refractivity contribution in [2.24, 2.45) is 0 Å². The molecular formula is C42H71O3P. The first-order valence-corrected chi connectivity index (χ1v) is 21.5. The Morgan fingerprint density at radius 2 is 0.717 bits per heavy atom. The number of benzene rings is 2. The van der Waals surface area contributed by atoms with Gasteiger partial charge in [-0.3, -0.25) is 0 Å². The predicted octanol–water partition coefficient (Wildman–Crippen LogP) is 14.8. The summed E-state index contributed by atoms with van der Waals surface area (Å²) in [7, 11) is -3.41. The Morgan fingerprint density at radius 3 is 1.09 bits per heavy atom. The van der Waals surface area contributed by atoms with Gasteiger partial charge in [-0.2, -0.15) is 0 Å². The number of aryl methyl sites for hydroxylation is 2. The van der Waals surface area contributed by atoms with Crippen LogP contribution in [0.1, 0.15) is 186 Å². The number of hydrogen-bond donors (Lipinski definition) is 0. The van der Waals surface area contributed by atoms with Crippen molar-refractivity contribution in [2.75, 3.05) is 6.16 Å². The second kappa shape index (κ2) is 27.2. The van der Waals surface area contributed by atoms with Crippen LogP contribution in [-0.2, 0) is 17.4 Å². The van der Waals surface area contributed by atoms with Crippen molar-refractivity contribution in [2.45, 2.75) is 188 Å². The Bertz CT molecular complexity index is 968. The van der Waals surface area contributed by atoms with E-state index < -0.39 is 7.60 Å². The zero-order valence-corrected chi connectivity index (χ0v) is 31.3. The molecule has 0 aliphatic rings. The summed E-state index contributed by atoms with van der Waals surface area (Å²) in [6.07, 6.45) is 32.7. The van der Waals surface area contributed by atoms with E-state index in [1.165, 1.54) is 128 Å². The molecule has 4 heteroatoms. The van der Waals surface area contributed by atoms with Crippen molar-refractivity contribution in [3.05, 3.63) is 59.7 Å². The standard InChI is InChI=1S/C42H71O3P/c1-4-7-10-13-16-17-18-21-24-31-38-46(43,44-41-36-29-27-34-39(41)32-25-22-19-14-11-8-5-2)45-42-37-30-28-35-40(42)33-26-23-20-15-12-9-6-3/h27-30,34-37H,4-26,31-33,38H2,1-3H3. The van der Waals surface area contributed by atoms with Gasteiger partial charge in [-0.25, -0.2) is 4.57 Å². The molecule has 0 N–H and O–H groups in total. The topological polar surface area (TPSA) is 35.5 Å². The third-order valence-corrected chi connectivity index (χ3v) is 11.1. The Hall–Kier alpha value is -1.73. The molecule has 262 valence electrons. The monoisotopic (exact) mass is 655 g/mol. The van der Waals surface area contributed by atoms with Gasteiger partial charge in [0.05, 0.1) is 6.16 Å². The molecular weight excluding hydrogens is 583 g/mol. The lowest BCUT2D eigenvalue weighted by molar-refractivity contribution is 0.379. The third-order valence-electron chi connectivity index (χ3n) is 9.30. The van der Waals surface area contributed by atoms with Crippen LogP contribution >= 0.6 is 7.60 Å². The van der Waals surface area contributed by atoms with Gasteiger partial charge >= 0.3 is 7.60 Å². The molecule has 2 rings (SSSR count). The van der Waals surface area contributed by atoms with Gasteiger partial charge < -0.3 is 9.05 Å². The van der Waals surface area contributed by atoms with Crippen LogP contribution in [0.5, 0.6) is 11.5 Å². The first-order valence-electron chi connectivity index (χ1n) is 19.8. The van der Waals surface area contributed by atoms with Crippen molar-refractivity contribution in [3.63, 3.8) is 0 Å². The average molecular weight is 655 g/mol. The van der Waals surface area contributed by atoms with E-state index in [4.69, 9.17) is 9.05 Å². The van der Waals surface area contributed by atoms with Crippen LogP contribution in [0.25, 0.3) is 0 Å². The normalized spacial score (nSPS) is 11.6. The highest BCUT2D eigenvalue weighted by Crippen LogP contribution is 2.51. The molecule has 0 heterocycles. The fraction of sp³-hybridized carbons (Fsp3) is 0.714. The molecule has 0 unspecified atom stereocenters. The maximum Gasteiger partial charge on any atom is 0.430 e. The molecule has 2 aromatic rings. The van der Waals surface area contributed by atoms with Gasteiger partial charge in [0.2, 0.25) is 0 Å². The molecule has 0 saturated carbocycles. The van der Waals surface area contributed by atoms with E-state index >= 15 is 0 Å². The maximum atomic E-state index is 14.6. The Labute approximate surface area is 285 Å². The molecule has 46 heavy (non-hydrogen) atoms. The lowest BCUT2D eigenvalue weighted by Crippen LogP contribution is -2.08. The molecule has 0 atom stereocenters. The minimum absolute atomic E-state index is 0.459. The van der Waals surface area contributed by atoms with Crippen LogP contribution in [-0.4, -0.2) is 6.16 Å². The maximum absolute atomic E-state index is 14.6. The lowest BCUT2D eigenvalue weighted by atomic mass is 10.0. The summed E-state index contributed by atoms with van der Waals surface area (Å²) >= 11 is 0. The van der Waals surface area contributed by atoms with Gasteiger partial charge in [-0.15, -0.1) is 0 Å². The summed E-state index contributed by atoms with van der Waals surface area (Å²) in [4.78, 5) is 0. The molecule has 0 aliphatic carbocycles. The van der Waals surface area contributed by atoms with Crippen molar-refractivity contribution in [1.82, 2.24) is 0 Å². The SMILES string of the molecule is CCCCCCCCCCCCP(=O)(Oc1ccccc1CCCCCCCCC)Oc1ccccc1CCCCCCCCC. The van der Waals surface area contributed by atoms with Gasteiger partial charge in [0.1, 0.15) is 11.5 Å². The predicted molar refractivity (Wildman–Crippen MR) is 202 cm³/mol. The Balaban J connectivity index is 2.02. The second-order valence-corrected chi connectivity index (χ2v) is 15.7. The average Bonchev–Trinajstić information content (AvgIpc) is 3.06. The molecule has 0 aromatic heterocycles. The summed E-state index contributed by atoms with van der Waals surface area (Å²) in [5, 5.41) is 0. The summed E-state index contributed by atoms with van der Waals surface area (Å²) < 4.78 is 27.6. The van der Waals surface area contributed by atoms with Gasteiger partial charge in [0.25, 0.3) is 0 Å². The van der Waals surface area contributed by atoms with Gasteiger partial charge in [0.15, 0.2) is 0 Å². The number of para-hydroxylation sites is 2. The molecule has 0 fully saturated rings. The van der Waals surface area contributed by atoms with Crippen LogP contribution < -0.4 is 9.05 Å². The first-order chi connectivity index (χ1) is 22.6. The van der Waals surface area contributed by atoms with E-state index in [0.717, 1.165) is 61.2 Å². The summed E-state index contributed by atoms with van der Waals surface area (Å²) in [5.74, 6) is 1.49. The zero-order valence-electron chi connectivity index (χ0n) is 30.4. The van der Waals surface area contributed by atoms with Crippen LogP contribution in [0.3, 0.4) is 0 Å². The smallest absolute Gasteiger partial charge is 0.416 e.